The first-order valence-electron chi connectivity index (χ1n) is 12.5. The highest BCUT2D eigenvalue weighted by atomic mass is 16.5. The number of esters is 1. The molecular formula is C30H23NO8. The van der Waals surface area contributed by atoms with E-state index in [1.807, 2.05) is 0 Å². The van der Waals surface area contributed by atoms with Gasteiger partial charge in [0, 0.05) is 11.1 Å². The minimum Gasteiger partial charge on any atom is -0.497 e. The number of hydrogen-bond donors (Lipinski definition) is 0. The molecule has 0 bridgehead atoms. The maximum Gasteiger partial charge on any atom is 0.338 e. The number of imide groups is 1. The number of carbonyl (C=O) groups excluding carboxylic acids is 5. The molecule has 0 aromatic heterocycles. The molecular weight excluding hydrogens is 502 g/mol. The van der Waals surface area contributed by atoms with Gasteiger partial charge in [0.05, 0.1) is 42.9 Å². The summed E-state index contributed by atoms with van der Waals surface area (Å²) >= 11 is 0. The Balaban J connectivity index is 1.46. The fourth-order valence-corrected chi connectivity index (χ4v) is 5.83. The predicted molar refractivity (Wildman–Crippen MR) is 137 cm³/mol. The SMILES string of the molecule is CCOC(=O)c1ccc(N2C(=O)C3C(c4ccc(OC)cc4)OC4(C(=O)c5ccccc5C4=O)C3C2=O)cc1. The van der Waals surface area contributed by atoms with Crippen molar-refractivity contribution in [2.75, 3.05) is 18.6 Å². The number of Topliss-reactive ketones (excluding diaryl/α,β-unsaturated/α-hetero) is 2. The van der Waals surface area contributed by atoms with Crippen molar-refractivity contribution in [3.05, 3.63) is 95.1 Å². The summed E-state index contributed by atoms with van der Waals surface area (Å²) in [5, 5.41) is 0. The zero-order valence-electron chi connectivity index (χ0n) is 21.1. The first-order valence-corrected chi connectivity index (χ1v) is 12.5. The third kappa shape index (κ3) is 3.39. The Morgan fingerprint density at radius 1 is 0.872 bits per heavy atom. The van der Waals surface area contributed by atoms with Crippen molar-refractivity contribution in [1.82, 2.24) is 0 Å². The lowest BCUT2D eigenvalue weighted by molar-refractivity contribution is -0.127. The van der Waals surface area contributed by atoms with E-state index in [9.17, 15) is 24.0 Å². The Hall–Kier alpha value is -4.63. The quantitative estimate of drug-likeness (QED) is 0.282. The van der Waals surface area contributed by atoms with Gasteiger partial charge in [0.25, 0.3) is 0 Å². The molecule has 6 rings (SSSR count). The number of benzene rings is 3. The average Bonchev–Trinajstić information content (AvgIpc) is 3.53. The number of ether oxygens (including phenoxy) is 3. The molecule has 3 aliphatic rings. The highest BCUT2D eigenvalue weighted by molar-refractivity contribution is 6.37. The third-order valence-corrected chi connectivity index (χ3v) is 7.60. The maximum atomic E-state index is 14.0. The molecule has 39 heavy (non-hydrogen) atoms. The molecule has 9 nitrogen and oxygen atoms in total. The van der Waals surface area contributed by atoms with Gasteiger partial charge in [0.15, 0.2) is 0 Å². The van der Waals surface area contributed by atoms with E-state index in [0.29, 0.717) is 11.3 Å². The van der Waals surface area contributed by atoms with Crippen molar-refractivity contribution >= 4 is 35.0 Å². The van der Waals surface area contributed by atoms with Gasteiger partial charge in [-0.15, -0.1) is 0 Å². The number of anilines is 1. The summed E-state index contributed by atoms with van der Waals surface area (Å²) in [6.45, 7) is 1.89. The van der Waals surface area contributed by atoms with Gasteiger partial charge >= 0.3 is 5.97 Å². The van der Waals surface area contributed by atoms with Crippen LogP contribution in [0, 0.1) is 11.8 Å². The van der Waals surface area contributed by atoms with Gasteiger partial charge in [-0.2, -0.15) is 0 Å². The Kier molecular flexibility index (Phi) is 5.69. The Morgan fingerprint density at radius 3 is 2.05 bits per heavy atom. The largest absolute Gasteiger partial charge is 0.497 e. The number of fused-ring (bicyclic) bond motifs is 3. The molecule has 2 saturated heterocycles. The Morgan fingerprint density at radius 2 is 1.49 bits per heavy atom. The van der Waals surface area contributed by atoms with Crippen LogP contribution < -0.4 is 9.64 Å². The fourth-order valence-electron chi connectivity index (χ4n) is 5.83. The van der Waals surface area contributed by atoms with Crippen molar-refractivity contribution in [3.8, 4) is 5.75 Å². The first kappa shape index (κ1) is 24.7. The van der Waals surface area contributed by atoms with Crippen LogP contribution in [0.2, 0.25) is 0 Å². The molecule has 2 amide bonds. The Bertz CT molecular complexity index is 1510. The van der Waals surface area contributed by atoms with Crippen LogP contribution in [0.1, 0.15) is 49.7 Å². The van der Waals surface area contributed by atoms with Crippen molar-refractivity contribution in [2.24, 2.45) is 11.8 Å². The predicted octanol–water partition coefficient (Wildman–Crippen LogP) is 3.57. The summed E-state index contributed by atoms with van der Waals surface area (Å²) < 4.78 is 16.5. The van der Waals surface area contributed by atoms with Crippen LogP contribution in [0.3, 0.4) is 0 Å². The number of methoxy groups -OCH3 is 1. The number of nitrogens with zero attached hydrogens (tertiary/aromatic N) is 1. The molecule has 0 N–H and O–H groups in total. The van der Waals surface area contributed by atoms with Crippen LogP contribution >= 0.6 is 0 Å². The summed E-state index contributed by atoms with van der Waals surface area (Å²) in [6, 6.07) is 18.9. The molecule has 196 valence electrons. The van der Waals surface area contributed by atoms with Crippen molar-refractivity contribution in [1.29, 1.82) is 0 Å². The van der Waals surface area contributed by atoms with E-state index in [4.69, 9.17) is 14.2 Å². The van der Waals surface area contributed by atoms with Gasteiger partial charge in [-0.25, -0.2) is 9.69 Å². The van der Waals surface area contributed by atoms with Gasteiger partial charge in [0.2, 0.25) is 29.0 Å². The topological polar surface area (TPSA) is 116 Å². The lowest BCUT2D eigenvalue weighted by Gasteiger charge is -2.27. The lowest BCUT2D eigenvalue weighted by Crippen LogP contribution is -2.51. The number of rotatable bonds is 5. The summed E-state index contributed by atoms with van der Waals surface area (Å²) in [5.74, 6) is -5.02. The second-order valence-corrected chi connectivity index (χ2v) is 9.53. The van der Waals surface area contributed by atoms with E-state index in [2.05, 4.69) is 0 Å². The van der Waals surface area contributed by atoms with Gasteiger partial charge < -0.3 is 14.2 Å². The normalized spacial score (nSPS) is 22.8. The molecule has 3 aromatic carbocycles. The summed E-state index contributed by atoms with van der Waals surface area (Å²) in [4.78, 5) is 68.7. The second kappa shape index (κ2) is 8.99. The smallest absolute Gasteiger partial charge is 0.338 e. The van der Waals surface area contributed by atoms with Gasteiger partial charge in [0.1, 0.15) is 5.75 Å². The number of hydrogen-bond acceptors (Lipinski definition) is 8. The zero-order valence-corrected chi connectivity index (χ0v) is 21.1. The number of amides is 2. The van der Waals surface area contributed by atoms with Crippen LogP contribution in [0.4, 0.5) is 5.69 Å². The van der Waals surface area contributed by atoms with Gasteiger partial charge in [-0.05, 0) is 48.9 Å². The molecule has 3 unspecified atom stereocenters. The number of carbonyl (C=O) groups is 5. The molecule has 3 aromatic rings. The van der Waals surface area contributed by atoms with E-state index >= 15 is 0 Å². The van der Waals surface area contributed by atoms with Crippen LogP contribution in [-0.2, 0) is 19.1 Å². The zero-order chi connectivity index (χ0) is 27.5. The molecule has 2 heterocycles. The van der Waals surface area contributed by atoms with E-state index in [0.717, 1.165) is 4.90 Å². The van der Waals surface area contributed by atoms with E-state index in [-0.39, 0.29) is 29.0 Å². The van der Waals surface area contributed by atoms with Crippen LogP contribution in [-0.4, -0.2) is 48.7 Å². The summed E-state index contributed by atoms with van der Waals surface area (Å²) in [5.41, 5.74) is -0.840. The molecule has 3 atom stereocenters. The molecule has 9 heteroatoms. The van der Waals surface area contributed by atoms with Gasteiger partial charge in [-0.1, -0.05) is 36.4 Å². The highest BCUT2D eigenvalue weighted by Crippen LogP contribution is 2.57. The molecule has 2 fully saturated rings. The monoisotopic (exact) mass is 525 g/mol. The summed E-state index contributed by atoms with van der Waals surface area (Å²) in [7, 11) is 1.52. The van der Waals surface area contributed by atoms with E-state index in [1.54, 1.807) is 43.3 Å². The summed E-state index contributed by atoms with van der Waals surface area (Å²) in [6.07, 6.45) is -1.04. The standard InChI is InChI=1S/C30H23NO8/c1-3-38-29(36)17-8-12-18(13-9-17)31-27(34)22-23(28(31)35)30(25(32)20-6-4-5-7-21(20)26(30)33)39-24(22)16-10-14-19(37-2)15-11-16/h4-15,22-24H,3H2,1-2H3. The minimum absolute atomic E-state index is 0.161. The number of ketones is 2. The Labute approximate surface area is 223 Å². The van der Waals surface area contributed by atoms with Crippen LogP contribution in [0.15, 0.2) is 72.8 Å². The third-order valence-electron chi connectivity index (χ3n) is 7.60. The molecule has 1 spiro atoms. The van der Waals surface area contributed by atoms with E-state index < -0.39 is 52.9 Å². The fraction of sp³-hybridized carbons (Fsp3) is 0.233. The second-order valence-electron chi connectivity index (χ2n) is 9.53. The van der Waals surface area contributed by atoms with Gasteiger partial charge in [-0.3, -0.25) is 19.2 Å². The van der Waals surface area contributed by atoms with E-state index in [1.165, 1.54) is 43.5 Å². The van der Waals surface area contributed by atoms with Crippen LogP contribution in [0.25, 0.3) is 0 Å². The minimum atomic E-state index is -2.16. The first-order chi connectivity index (χ1) is 18.8. The molecule has 1 aliphatic carbocycles. The average molecular weight is 526 g/mol. The lowest BCUT2D eigenvalue weighted by atomic mass is 9.77. The van der Waals surface area contributed by atoms with Crippen molar-refractivity contribution < 1.29 is 38.2 Å². The molecule has 2 aliphatic heterocycles. The van der Waals surface area contributed by atoms with Crippen LogP contribution in [0.5, 0.6) is 5.75 Å². The maximum absolute atomic E-state index is 14.0. The van der Waals surface area contributed by atoms with Crippen molar-refractivity contribution in [2.45, 2.75) is 18.6 Å². The molecule has 0 radical (unpaired) electrons. The molecule has 0 saturated carbocycles. The highest BCUT2D eigenvalue weighted by Gasteiger charge is 2.74. The van der Waals surface area contributed by atoms with Crippen molar-refractivity contribution in [3.63, 3.8) is 0 Å².